The highest BCUT2D eigenvalue weighted by molar-refractivity contribution is 7.18. The predicted octanol–water partition coefficient (Wildman–Crippen LogP) is 3.16. The lowest BCUT2D eigenvalue weighted by Gasteiger charge is -2.17. The molecule has 0 saturated carbocycles. The number of thiophene rings is 2. The van der Waals surface area contributed by atoms with E-state index in [1.165, 1.54) is 34.0 Å². The Hall–Kier alpha value is -2.32. The van der Waals surface area contributed by atoms with Crippen LogP contribution in [-0.4, -0.2) is 21.2 Å². The minimum Gasteiger partial charge on any atom is -0.351 e. The van der Waals surface area contributed by atoms with Gasteiger partial charge in [0.25, 0.3) is 5.56 Å². The number of Topliss-reactive ketones (excluding diaryl/α,β-unsaturated/α-hetero) is 1. The van der Waals surface area contributed by atoms with E-state index in [2.05, 4.69) is 17.2 Å². The molecular weight excluding hydrogens is 394 g/mol. The van der Waals surface area contributed by atoms with Crippen molar-refractivity contribution in [1.29, 1.82) is 0 Å². The molecule has 3 heterocycles. The van der Waals surface area contributed by atoms with Crippen molar-refractivity contribution < 1.29 is 9.59 Å². The quantitative estimate of drug-likeness (QED) is 0.649. The van der Waals surface area contributed by atoms with Gasteiger partial charge in [-0.1, -0.05) is 6.92 Å². The number of ketones is 1. The summed E-state index contributed by atoms with van der Waals surface area (Å²) in [5, 5.41) is 3.41. The number of rotatable bonds is 5. The van der Waals surface area contributed by atoms with E-state index >= 15 is 0 Å². The van der Waals surface area contributed by atoms with E-state index in [-0.39, 0.29) is 23.8 Å². The van der Waals surface area contributed by atoms with Crippen LogP contribution in [0.15, 0.2) is 23.3 Å². The summed E-state index contributed by atoms with van der Waals surface area (Å²) >= 11 is 2.95. The van der Waals surface area contributed by atoms with Crippen LogP contribution in [0.5, 0.6) is 0 Å². The van der Waals surface area contributed by atoms with Gasteiger partial charge in [0, 0.05) is 16.7 Å². The summed E-state index contributed by atoms with van der Waals surface area (Å²) in [6, 6.07) is 3.57. The molecule has 3 aromatic heterocycles. The molecule has 1 N–H and O–H groups in total. The molecule has 146 valence electrons. The predicted molar refractivity (Wildman–Crippen MR) is 111 cm³/mol. The third-order valence-electron chi connectivity index (χ3n) is 5.04. The molecule has 4 rings (SSSR count). The van der Waals surface area contributed by atoms with Crippen molar-refractivity contribution in [2.75, 3.05) is 0 Å². The van der Waals surface area contributed by atoms with Gasteiger partial charge < -0.3 is 5.32 Å². The minimum atomic E-state index is -0.125. The lowest BCUT2D eigenvalue weighted by atomic mass is 9.89. The fourth-order valence-electron chi connectivity index (χ4n) is 3.55. The third-order valence-corrected chi connectivity index (χ3v) is 7.33. The molecule has 28 heavy (non-hydrogen) atoms. The maximum atomic E-state index is 13.0. The second kappa shape index (κ2) is 7.60. The summed E-state index contributed by atoms with van der Waals surface area (Å²) < 4.78 is 1.42. The Morgan fingerprint density at radius 2 is 2.14 bits per heavy atom. The topological polar surface area (TPSA) is 81.1 Å². The fraction of sp³-hybridized carbons (Fsp3) is 0.400. The minimum absolute atomic E-state index is 0.0249. The molecule has 0 aliphatic heterocycles. The van der Waals surface area contributed by atoms with Gasteiger partial charge in [-0.2, -0.15) is 0 Å². The van der Waals surface area contributed by atoms with Gasteiger partial charge in [-0.15, -0.1) is 22.7 Å². The molecule has 0 aromatic carbocycles. The van der Waals surface area contributed by atoms with E-state index in [1.807, 2.05) is 6.07 Å². The number of nitrogens with zero attached hydrogens (tertiary/aromatic N) is 2. The molecule has 1 amide bonds. The number of nitrogens with one attached hydrogen (secondary N) is 1. The first-order valence-corrected chi connectivity index (χ1v) is 10.9. The summed E-state index contributed by atoms with van der Waals surface area (Å²) in [5.74, 6) is 0.399. The maximum Gasteiger partial charge on any atom is 0.262 e. The van der Waals surface area contributed by atoms with Crippen LogP contribution < -0.4 is 10.9 Å². The van der Waals surface area contributed by atoms with Gasteiger partial charge in [0.1, 0.15) is 4.83 Å². The van der Waals surface area contributed by atoms with Gasteiger partial charge in [0.2, 0.25) is 5.91 Å². The van der Waals surface area contributed by atoms with Crippen molar-refractivity contribution in [2.45, 2.75) is 46.2 Å². The molecule has 1 atom stereocenters. The molecule has 3 aromatic rings. The number of aryl methyl sites for hydroxylation is 1. The van der Waals surface area contributed by atoms with Crippen LogP contribution in [-0.2, 0) is 30.7 Å². The summed E-state index contributed by atoms with van der Waals surface area (Å²) in [6.45, 7) is 4.07. The van der Waals surface area contributed by atoms with Crippen molar-refractivity contribution in [3.05, 3.63) is 49.0 Å². The highest BCUT2D eigenvalue weighted by atomic mass is 32.1. The van der Waals surface area contributed by atoms with Crippen molar-refractivity contribution in [3.63, 3.8) is 0 Å². The van der Waals surface area contributed by atoms with Gasteiger partial charge in [0.15, 0.2) is 5.78 Å². The van der Waals surface area contributed by atoms with Gasteiger partial charge in [-0.3, -0.25) is 19.0 Å². The fourth-order valence-corrected chi connectivity index (χ4v) is 5.76. The van der Waals surface area contributed by atoms with Crippen LogP contribution in [0.25, 0.3) is 10.2 Å². The first-order chi connectivity index (χ1) is 13.4. The van der Waals surface area contributed by atoms with Crippen molar-refractivity contribution in [3.8, 4) is 0 Å². The van der Waals surface area contributed by atoms with E-state index in [4.69, 9.17) is 0 Å². The number of fused-ring (bicyclic) bond motifs is 3. The van der Waals surface area contributed by atoms with Gasteiger partial charge in [-0.05, 0) is 42.9 Å². The zero-order chi connectivity index (χ0) is 19.8. The number of carbonyl (C=O) groups is 2. The van der Waals surface area contributed by atoms with E-state index in [9.17, 15) is 14.4 Å². The van der Waals surface area contributed by atoms with Crippen molar-refractivity contribution in [2.24, 2.45) is 5.92 Å². The molecule has 0 bridgehead atoms. The summed E-state index contributed by atoms with van der Waals surface area (Å²) in [5.41, 5.74) is 1.01. The largest absolute Gasteiger partial charge is 0.351 e. The molecule has 6 nitrogen and oxygen atoms in total. The molecule has 1 unspecified atom stereocenters. The summed E-state index contributed by atoms with van der Waals surface area (Å²) in [4.78, 5) is 44.7. The smallest absolute Gasteiger partial charge is 0.262 e. The zero-order valence-corrected chi connectivity index (χ0v) is 17.4. The molecule has 8 heteroatoms. The Morgan fingerprint density at radius 1 is 1.32 bits per heavy atom. The Bertz CT molecular complexity index is 1130. The molecule has 0 fully saturated rings. The van der Waals surface area contributed by atoms with Gasteiger partial charge >= 0.3 is 0 Å². The molecule has 0 spiro atoms. The first-order valence-electron chi connectivity index (χ1n) is 9.28. The van der Waals surface area contributed by atoms with Crippen LogP contribution in [0, 0.1) is 5.92 Å². The number of hydrogen-bond donors (Lipinski definition) is 1. The summed E-state index contributed by atoms with van der Waals surface area (Å²) in [6.07, 6.45) is 4.47. The molecule has 1 aliphatic rings. The van der Waals surface area contributed by atoms with Crippen LogP contribution in [0.4, 0.5) is 0 Å². The third kappa shape index (κ3) is 3.66. The molecule has 1 aliphatic carbocycles. The number of amides is 1. The molecule has 0 saturated heterocycles. The lowest BCUT2D eigenvalue weighted by molar-refractivity contribution is -0.119. The maximum absolute atomic E-state index is 13.0. The monoisotopic (exact) mass is 415 g/mol. The van der Waals surface area contributed by atoms with Crippen LogP contribution in [0.1, 0.15) is 45.3 Å². The Morgan fingerprint density at radius 3 is 2.93 bits per heavy atom. The highest BCUT2D eigenvalue weighted by Gasteiger charge is 2.23. The van der Waals surface area contributed by atoms with Crippen LogP contribution >= 0.6 is 22.7 Å². The normalized spacial score (nSPS) is 16.1. The highest BCUT2D eigenvalue weighted by Crippen LogP contribution is 2.35. The number of hydrogen-bond acceptors (Lipinski definition) is 6. The lowest BCUT2D eigenvalue weighted by Crippen LogP contribution is -2.25. The Kier molecular flexibility index (Phi) is 5.16. The molecule has 0 radical (unpaired) electrons. The van der Waals surface area contributed by atoms with Crippen LogP contribution in [0.3, 0.4) is 0 Å². The van der Waals surface area contributed by atoms with Gasteiger partial charge in [0.05, 0.1) is 29.7 Å². The average Bonchev–Trinajstić information content (AvgIpc) is 3.26. The van der Waals surface area contributed by atoms with Crippen molar-refractivity contribution in [1.82, 2.24) is 14.9 Å². The second-order valence-corrected chi connectivity index (χ2v) is 9.56. The number of carbonyl (C=O) groups excluding carboxylic acids is 2. The first kappa shape index (κ1) is 19.0. The van der Waals surface area contributed by atoms with E-state index < -0.39 is 0 Å². The SMILES string of the molecule is CC(=O)NCc1ccc(C(=O)Cn2cnc3sc4c(c3c2=O)CCC(C)C4)s1. The number of aromatic nitrogens is 2. The van der Waals surface area contributed by atoms with E-state index in [0.29, 0.717) is 22.7 Å². The van der Waals surface area contributed by atoms with E-state index in [1.54, 1.807) is 17.4 Å². The van der Waals surface area contributed by atoms with E-state index in [0.717, 1.165) is 34.5 Å². The molecular formula is C20H21N3O3S2. The standard InChI is InChI=1S/C20H21N3O3S2/c1-11-3-5-14-17(7-11)28-19-18(14)20(26)23(10-22-19)9-15(25)16-6-4-13(27-16)8-21-12(2)24/h4,6,10-11H,3,5,7-9H2,1-2H3,(H,21,24). The summed E-state index contributed by atoms with van der Waals surface area (Å²) in [7, 11) is 0. The van der Waals surface area contributed by atoms with Crippen LogP contribution in [0.2, 0.25) is 0 Å². The average molecular weight is 416 g/mol. The Balaban J connectivity index is 1.58. The van der Waals surface area contributed by atoms with Gasteiger partial charge in [-0.25, -0.2) is 4.98 Å². The Labute approximate surface area is 170 Å². The zero-order valence-electron chi connectivity index (χ0n) is 15.8. The van der Waals surface area contributed by atoms with Crippen molar-refractivity contribution >= 4 is 44.6 Å². The second-order valence-electron chi connectivity index (χ2n) is 7.31.